The largest absolute Gasteiger partial charge is 0.459 e. The highest BCUT2D eigenvalue weighted by Crippen LogP contribution is 2.34. The van der Waals surface area contributed by atoms with Crippen LogP contribution in [0.3, 0.4) is 0 Å². The number of benzene rings is 2. The number of aryl methyl sites for hydroxylation is 1. The number of hydrogen-bond donors (Lipinski definition) is 1. The smallest absolute Gasteiger partial charge is 0.422 e. The summed E-state index contributed by atoms with van der Waals surface area (Å²) in [6.45, 7) is 4.75. The lowest BCUT2D eigenvalue weighted by molar-refractivity contribution is -0.147. The summed E-state index contributed by atoms with van der Waals surface area (Å²) < 4.78 is 76.3. The lowest BCUT2D eigenvalue weighted by Crippen LogP contribution is -2.44. The highest BCUT2D eigenvalue weighted by Gasteiger charge is 2.38. The molecule has 0 heterocycles. The van der Waals surface area contributed by atoms with E-state index in [1.807, 2.05) is 0 Å². The molecule has 0 saturated heterocycles. The van der Waals surface area contributed by atoms with Crippen molar-refractivity contribution < 1.29 is 41.0 Å². The number of ether oxygens (including phenoxy) is 2. The maximum absolute atomic E-state index is 13.9. The van der Waals surface area contributed by atoms with Crippen LogP contribution in [0.15, 0.2) is 42.5 Å². The van der Waals surface area contributed by atoms with Crippen LogP contribution in [-0.4, -0.2) is 23.7 Å². The maximum atomic E-state index is 13.9. The van der Waals surface area contributed by atoms with Crippen LogP contribution in [0.25, 0.3) is 0 Å². The molecule has 1 amide bonds. The number of carbonyl (C=O) groups excluding carboxylic acids is 2. The molecule has 33 heavy (non-hydrogen) atoms. The lowest BCUT2D eigenvalue weighted by atomic mass is 10.0. The molecule has 2 aromatic rings. The molecule has 0 unspecified atom stereocenters. The molecule has 0 spiro atoms. The van der Waals surface area contributed by atoms with Crippen molar-refractivity contribution in [3.63, 3.8) is 0 Å². The molecule has 10 heteroatoms. The van der Waals surface area contributed by atoms with Crippen molar-refractivity contribution in [2.24, 2.45) is 0 Å². The van der Waals surface area contributed by atoms with E-state index in [0.717, 1.165) is 0 Å². The number of carbonyl (C=O) groups is 2. The van der Waals surface area contributed by atoms with E-state index in [1.54, 1.807) is 51.1 Å². The Bertz CT molecular complexity index is 948. The number of amides is 1. The molecule has 2 aromatic carbocycles. The van der Waals surface area contributed by atoms with Gasteiger partial charge in [0.05, 0.1) is 0 Å². The van der Waals surface area contributed by atoms with E-state index in [9.17, 15) is 31.5 Å². The predicted molar refractivity (Wildman–Crippen MR) is 109 cm³/mol. The molecular formula is C23H24F5NO4. The summed E-state index contributed by atoms with van der Waals surface area (Å²) >= 11 is 0. The second-order valence-corrected chi connectivity index (χ2v) is 8.26. The normalized spacial score (nSPS) is 12.7. The van der Waals surface area contributed by atoms with Crippen LogP contribution in [0.2, 0.25) is 0 Å². The Morgan fingerprint density at radius 3 is 2.06 bits per heavy atom. The summed E-state index contributed by atoms with van der Waals surface area (Å²) in [5.74, 6) is -4.36. The first-order valence-electron chi connectivity index (χ1n) is 10.0. The van der Waals surface area contributed by atoms with Gasteiger partial charge in [-0.1, -0.05) is 30.3 Å². The van der Waals surface area contributed by atoms with Crippen LogP contribution < -0.4 is 5.32 Å². The number of alkyl halides is 3. The molecule has 0 aliphatic carbocycles. The second-order valence-electron chi connectivity index (χ2n) is 8.26. The third-order valence-corrected chi connectivity index (χ3v) is 4.31. The molecule has 5 nitrogen and oxygen atoms in total. The van der Waals surface area contributed by atoms with Crippen LogP contribution in [0, 0.1) is 11.6 Å². The lowest BCUT2D eigenvalue weighted by Gasteiger charge is -2.23. The Labute approximate surface area is 187 Å². The molecular weight excluding hydrogens is 449 g/mol. The quantitative estimate of drug-likeness (QED) is 0.423. The van der Waals surface area contributed by atoms with Gasteiger partial charge < -0.3 is 14.8 Å². The monoisotopic (exact) mass is 473 g/mol. The zero-order valence-corrected chi connectivity index (χ0v) is 18.3. The minimum atomic E-state index is -5.19. The summed E-state index contributed by atoms with van der Waals surface area (Å²) in [7, 11) is 0. The van der Waals surface area contributed by atoms with Gasteiger partial charge in [0.1, 0.15) is 35.4 Å². The van der Waals surface area contributed by atoms with Crippen LogP contribution in [0.4, 0.5) is 26.7 Å². The van der Waals surface area contributed by atoms with Gasteiger partial charge in [-0.3, -0.25) is 0 Å². The first-order chi connectivity index (χ1) is 15.3. The standard InChI is InChI=1S/C23H24F5NO4/c1-22(2,3)33-21(31)29-18(20(30)32-13-14-7-5-4-6-8-14)10-9-15-11-16(24)19(17(25)12-15)23(26,27)28/h4-8,11-12,18H,9-10,13H2,1-3H3,(H,29,31)/t18-/m0/s1. The van der Waals surface area contributed by atoms with E-state index < -0.39 is 47.1 Å². The SMILES string of the molecule is CC(C)(C)OC(=O)N[C@@H](CCc1cc(F)c(C(F)(F)F)c(F)c1)C(=O)OCc1ccccc1. The van der Waals surface area contributed by atoms with Gasteiger partial charge in [-0.05, 0) is 56.9 Å². The summed E-state index contributed by atoms with van der Waals surface area (Å²) in [4.78, 5) is 24.7. The molecule has 0 bridgehead atoms. The van der Waals surface area contributed by atoms with E-state index >= 15 is 0 Å². The number of nitrogens with one attached hydrogen (secondary N) is 1. The van der Waals surface area contributed by atoms with Gasteiger partial charge in [0.25, 0.3) is 0 Å². The highest BCUT2D eigenvalue weighted by atomic mass is 19.4. The van der Waals surface area contributed by atoms with E-state index in [2.05, 4.69) is 5.32 Å². The predicted octanol–water partition coefficient (Wildman–Crippen LogP) is 5.55. The number of rotatable bonds is 7. The van der Waals surface area contributed by atoms with Crippen molar-refractivity contribution in [1.29, 1.82) is 0 Å². The number of esters is 1. The summed E-state index contributed by atoms with van der Waals surface area (Å²) in [6, 6.07) is 8.53. The zero-order valence-electron chi connectivity index (χ0n) is 18.3. The van der Waals surface area contributed by atoms with Gasteiger partial charge in [0, 0.05) is 0 Å². The molecule has 1 N–H and O–H groups in total. The van der Waals surface area contributed by atoms with Crippen LogP contribution in [-0.2, 0) is 33.5 Å². The Kier molecular flexibility index (Phi) is 8.40. The van der Waals surface area contributed by atoms with Crippen LogP contribution in [0.1, 0.15) is 43.9 Å². The van der Waals surface area contributed by atoms with Gasteiger partial charge in [0.15, 0.2) is 0 Å². The molecule has 0 aliphatic heterocycles. The molecule has 0 saturated carbocycles. The van der Waals surface area contributed by atoms with Crippen LogP contribution >= 0.6 is 0 Å². The summed E-state index contributed by atoms with van der Waals surface area (Å²) in [6.07, 6.45) is -6.52. The Morgan fingerprint density at radius 1 is 0.970 bits per heavy atom. The second kappa shape index (κ2) is 10.6. The minimum Gasteiger partial charge on any atom is -0.459 e. The average molecular weight is 473 g/mol. The van der Waals surface area contributed by atoms with Crippen molar-refractivity contribution in [2.45, 2.75) is 58.0 Å². The third kappa shape index (κ3) is 8.36. The summed E-state index contributed by atoms with van der Waals surface area (Å²) in [5.41, 5.74) is -2.28. The van der Waals surface area contributed by atoms with Crippen molar-refractivity contribution in [2.75, 3.05) is 0 Å². The zero-order chi connectivity index (χ0) is 24.8. The van der Waals surface area contributed by atoms with E-state index in [-0.39, 0.29) is 25.0 Å². The van der Waals surface area contributed by atoms with Crippen molar-refractivity contribution in [3.8, 4) is 0 Å². The fraction of sp³-hybridized carbons (Fsp3) is 0.391. The van der Waals surface area contributed by atoms with Gasteiger partial charge in [0.2, 0.25) is 0 Å². The van der Waals surface area contributed by atoms with Gasteiger partial charge in [-0.15, -0.1) is 0 Å². The summed E-state index contributed by atoms with van der Waals surface area (Å²) in [5, 5.41) is 2.34. The maximum Gasteiger partial charge on any atom is 0.422 e. The molecule has 0 aromatic heterocycles. The number of hydrogen-bond acceptors (Lipinski definition) is 4. The first-order valence-corrected chi connectivity index (χ1v) is 10.0. The van der Waals surface area contributed by atoms with E-state index in [1.165, 1.54) is 0 Å². The molecule has 2 rings (SSSR count). The molecule has 1 atom stereocenters. The molecule has 180 valence electrons. The Hall–Kier alpha value is -3.17. The minimum absolute atomic E-state index is 0.0876. The van der Waals surface area contributed by atoms with E-state index in [0.29, 0.717) is 17.7 Å². The fourth-order valence-corrected chi connectivity index (χ4v) is 2.88. The number of halogens is 5. The molecule has 0 fully saturated rings. The van der Waals surface area contributed by atoms with Crippen LogP contribution in [0.5, 0.6) is 0 Å². The Morgan fingerprint density at radius 2 is 1.55 bits per heavy atom. The molecule has 0 aliphatic rings. The van der Waals surface area contributed by atoms with Crippen molar-refractivity contribution in [3.05, 3.63) is 70.8 Å². The average Bonchev–Trinajstić information content (AvgIpc) is 2.67. The molecule has 0 radical (unpaired) electrons. The third-order valence-electron chi connectivity index (χ3n) is 4.31. The Balaban J connectivity index is 2.14. The van der Waals surface area contributed by atoms with Gasteiger partial charge >= 0.3 is 18.2 Å². The van der Waals surface area contributed by atoms with E-state index in [4.69, 9.17) is 9.47 Å². The fourth-order valence-electron chi connectivity index (χ4n) is 2.88. The first kappa shape index (κ1) is 26.1. The number of alkyl carbamates (subject to hydrolysis) is 1. The highest BCUT2D eigenvalue weighted by molar-refractivity contribution is 5.81. The van der Waals surface area contributed by atoms with Crippen molar-refractivity contribution >= 4 is 12.1 Å². The van der Waals surface area contributed by atoms with Gasteiger partial charge in [-0.2, -0.15) is 13.2 Å². The van der Waals surface area contributed by atoms with Crippen molar-refractivity contribution in [1.82, 2.24) is 5.32 Å². The van der Waals surface area contributed by atoms with Gasteiger partial charge in [-0.25, -0.2) is 18.4 Å². The topological polar surface area (TPSA) is 64.6 Å².